The molecule has 0 amide bonds. The van der Waals surface area contributed by atoms with Gasteiger partial charge in [0, 0.05) is 36.2 Å². The summed E-state index contributed by atoms with van der Waals surface area (Å²) >= 11 is 0. The van der Waals surface area contributed by atoms with E-state index in [1.807, 2.05) is 0 Å². The Morgan fingerprint density at radius 2 is 1.50 bits per heavy atom. The lowest BCUT2D eigenvalue weighted by atomic mass is 10.00. The van der Waals surface area contributed by atoms with Crippen molar-refractivity contribution in [1.29, 1.82) is 0 Å². The second kappa shape index (κ2) is 4.70. The summed E-state index contributed by atoms with van der Waals surface area (Å²) in [6.45, 7) is 2.06. The molecule has 0 spiro atoms. The van der Waals surface area contributed by atoms with E-state index < -0.39 is 0 Å². The lowest BCUT2D eigenvalue weighted by Crippen LogP contribution is -2.10. The van der Waals surface area contributed by atoms with Gasteiger partial charge in [-0.1, -0.05) is 36.4 Å². The zero-order chi connectivity index (χ0) is 15.3. The van der Waals surface area contributed by atoms with Crippen molar-refractivity contribution >= 4 is 38.1 Å². The van der Waals surface area contributed by atoms with Crippen molar-refractivity contribution in [3.8, 4) is 0 Å². The van der Waals surface area contributed by atoms with Gasteiger partial charge < -0.3 is 4.90 Å². The molecule has 0 N–H and O–H groups in total. The molecule has 2 nitrogen and oxygen atoms in total. The van der Waals surface area contributed by atoms with Crippen LogP contribution >= 0.6 is 0 Å². The highest BCUT2D eigenvalue weighted by molar-refractivity contribution is 6.13. The Kier molecular flexibility index (Phi) is 2.80. The third kappa shape index (κ3) is 1.92. The summed E-state index contributed by atoms with van der Waals surface area (Å²) in [7, 11) is 4.16. The molecule has 0 saturated carbocycles. The van der Waals surface area contributed by atoms with Crippen LogP contribution in [0.4, 0.5) is 5.69 Å². The Hall–Kier alpha value is -2.61. The molecule has 1 aromatic heterocycles. The summed E-state index contributed by atoms with van der Waals surface area (Å²) < 4.78 is 0. The number of rotatable bonds is 1. The lowest BCUT2D eigenvalue weighted by Gasteiger charge is -2.17. The standard InChI is InChI=1S/C20H18N2/c1-13-10-19(22(2)3)17-9-8-16-11-14-6-4-5-7-15(14)12-18(16)20(17)21-13/h4-12H,1-3H3. The number of aromatic nitrogens is 1. The van der Waals surface area contributed by atoms with E-state index in [1.165, 1.54) is 32.6 Å². The van der Waals surface area contributed by atoms with Crippen molar-refractivity contribution in [2.75, 3.05) is 19.0 Å². The van der Waals surface area contributed by atoms with Gasteiger partial charge in [-0.2, -0.15) is 0 Å². The molecule has 0 aliphatic carbocycles. The Morgan fingerprint density at radius 3 is 2.23 bits per heavy atom. The number of pyridine rings is 1. The zero-order valence-electron chi connectivity index (χ0n) is 13.1. The van der Waals surface area contributed by atoms with Gasteiger partial charge in [0.1, 0.15) is 0 Å². The lowest BCUT2D eigenvalue weighted by molar-refractivity contribution is 1.12. The van der Waals surface area contributed by atoms with Crippen LogP contribution in [0.15, 0.2) is 54.6 Å². The normalized spacial score (nSPS) is 11.4. The fraction of sp³-hybridized carbons (Fsp3) is 0.150. The number of hydrogen-bond donors (Lipinski definition) is 0. The van der Waals surface area contributed by atoms with Gasteiger partial charge in [-0.3, -0.25) is 4.98 Å². The maximum Gasteiger partial charge on any atom is 0.0804 e. The van der Waals surface area contributed by atoms with Gasteiger partial charge in [-0.25, -0.2) is 0 Å². The van der Waals surface area contributed by atoms with E-state index in [1.54, 1.807) is 0 Å². The molecule has 108 valence electrons. The van der Waals surface area contributed by atoms with Crippen LogP contribution in [-0.2, 0) is 0 Å². The van der Waals surface area contributed by atoms with Gasteiger partial charge in [0.25, 0.3) is 0 Å². The summed E-state index contributed by atoms with van der Waals surface area (Å²) in [6.07, 6.45) is 0. The number of nitrogens with zero attached hydrogens (tertiary/aromatic N) is 2. The molecule has 0 fully saturated rings. The maximum atomic E-state index is 4.83. The molecule has 0 aliphatic heterocycles. The van der Waals surface area contributed by atoms with E-state index in [2.05, 4.69) is 80.5 Å². The van der Waals surface area contributed by atoms with Crippen LogP contribution in [0, 0.1) is 6.92 Å². The number of hydrogen-bond acceptors (Lipinski definition) is 2. The largest absolute Gasteiger partial charge is 0.377 e. The minimum absolute atomic E-state index is 1.05. The van der Waals surface area contributed by atoms with Crippen LogP contribution in [0.5, 0.6) is 0 Å². The third-order valence-corrected chi connectivity index (χ3v) is 4.25. The van der Waals surface area contributed by atoms with Gasteiger partial charge >= 0.3 is 0 Å². The average Bonchev–Trinajstić information content (AvgIpc) is 2.52. The summed E-state index contributed by atoms with van der Waals surface area (Å²) in [4.78, 5) is 6.98. The molecule has 4 rings (SSSR count). The first-order valence-electron chi connectivity index (χ1n) is 7.54. The van der Waals surface area contributed by atoms with Gasteiger partial charge in [-0.05, 0) is 41.3 Å². The Morgan fingerprint density at radius 1 is 0.773 bits per heavy atom. The van der Waals surface area contributed by atoms with Crippen LogP contribution in [0.1, 0.15) is 5.69 Å². The fourth-order valence-electron chi connectivity index (χ4n) is 3.18. The van der Waals surface area contributed by atoms with Crippen molar-refractivity contribution in [1.82, 2.24) is 4.98 Å². The average molecular weight is 286 g/mol. The highest BCUT2D eigenvalue weighted by atomic mass is 15.1. The first kappa shape index (κ1) is 13.1. The molecule has 0 bridgehead atoms. The van der Waals surface area contributed by atoms with Crippen molar-refractivity contribution < 1.29 is 0 Å². The predicted octanol–water partition coefficient (Wildman–Crippen LogP) is 4.92. The van der Waals surface area contributed by atoms with Crippen LogP contribution in [0.2, 0.25) is 0 Å². The van der Waals surface area contributed by atoms with Crippen molar-refractivity contribution in [3.63, 3.8) is 0 Å². The summed E-state index contributed by atoms with van der Waals surface area (Å²) in [6, 6.07) is 19.6. The molecule has 0 saturated heterocycles. The highest BCUT2D eigenvalue weighted by Crippen LogP contribution is 2.33. The molecule has 2 heteroatoms. The van der Waals surface area contributed by atoms with Crippen molar-refractivity contribution in [2.45, 2.75) is 6.92 Å². The SMILES string of the molecule is Cc1cc(N(C)C)c2ccc3cc4ccccc4cc3c2n1. The molecule has 1 heterocycles. The molecular weight excluding hydrogens is 268 g/mol. The van der Waals surface area contributed by atoms with Gasteiger partial charge in [0.05, 0.1) is 5.52 Å². The van der Waals surface area contributed by atoms with Crippen molar-refractivity contribution in [3.05, 3.63) is 60.3 Å². The number of aryl methyl sites for hydroxylation is 1. The molecule has 0 atom stereocenters. The summed E-state index contributed by atoms with van der Waals surface area (Å²) in [5.41, 5.74) is 3.36. The van der Waals surface area contributed by atoms with E-state index in [0.717, 1.165) is 11.2 Å². The molecule has 0 aliphatic rings. The van der Waals surface area contributed by atoms with Crippen LogP contribution < -0.4 is 4.90 Å². The van der Waals surface area contributed by atoms with E-state index in [-0.39, 0.29) is 0 Å². The maximum absolute atomic E-state index is 4.83. The molecule has 0 unspecified atom stereocenters. The molecule has 0 radical (unpaired) electrons. The Balaban J connectivity index is 2.20. The van der Waals surface area contributed by atoms with Gasteiger partial charge in [0.2, 0.25) is 0 Å². The number of benzene rings is 3. The zero-order valence-corrected chi connectivity index (χ0v) is 13.1. The Labute approximate surface area is 130 Å². The fourth-order valence-corrected chi connectivity index (χ4v) is 3.18. The van der Waals surface area contributed by atoms with Crippen molar-refractivity contribution in [2.24, 2.45) is 0 Å². The summed E-state index contributed by atoms with van der Waals surface area (Å²) in [5.74, 6) is 0. The smallest absolute Gasteiger partial charge is 0.0804 e. The third-order valence-electron chi connectivity index (χ3n) is 4.25. The van der Waals surface area contributed by atoms with E-state index in [4.69, 9.17) is 4.98 Å². The van der Waals surface area contributed by atoms with E-state index in [9.17, 15) is 0 Å². The predicted molar refractivity (Wildman–Crippen MR) is 95.8 cm³/mol. The van der Waals surface area contributed by atoms with Gasteiger partial charge in [0.15, 0.2) is 0 Å². The molecule has 4 aromatic rings. The van der Waals surface area contributed by atoms with Crippen LogP contribution in [0.3, 0.4) is 0 Å². The van der Waals surface area contributed by atoms with Crippen LogP contribution in [-0.4, -0.2) is 19.1 Å². The molecule has 3 aromatic carbocycles. The molecule has 22 heavy (non-hydrogen) atoms. The quantitative estimate of drug-likeness (QED) is 0.365. The van der Waals surface area contributed by atoms with Gasteiger partial charge in [-0.15, -0.1) is 0 Å². The second-order valence-electron chi connectivity index (χ2n) is 6.06. The van der Waals surface area contributed by atoms with Crippen LogP contribution in [0.25, 0.3) is 32.4 Å². The van der Waals surface area contributed by atoms with E-state index >= 15 is 0 Å². The first-order chi connectivity index (χ1) is 10.6. The second-order valence-corrected chi connectivity index (χ2v) is 6.06. The number of anilines is 1. The monoisotopic (exact) mass is 286 g/mol. The van der Waals surface area contributed by atoms with E-state index in [0.29, 0.717) is 0 Å². The topological polar surface area (TPSA) is 16.1 Å². The number of fused-ring (bicyclic) bond motifs is 4. The molecular formula is C20H18N2. The highest BCUT2D eigenvalue weighted by Gasteiger charge is 2.09. The summed E-state index contributed by atoms with van der Waals surface area (Å²) in [5, 5.41) is 6.21. The first-order valence-corrected chi connectivity index (χ1v) is 7.54. The Bertz CT molecular complexity index is 1020. The minimum Gasteiger partial charge on any atom is -0.377 e. The minimum atomic E-state index is 1.05.